The second kappa shape index (κ2) is 15.1. The number of benzene rings is 1. The number of hydrogen-bond donors (Lipinski definition) is 5. The Morgan fingerprint density at radius 3 is 2.66 bits per heavy atom. The Morgan fingerprint density at radius 2 is 1.92 bits per heavy atom. The maximum atomic E-state index is 12.4. The first-order valence-electron chi connectivity index (χ1n) is 12.7. The van der Waals surface area contributed by atoms with Gasteiger partial charge in [-0.15, -0.1) is 0 Å². The van der Waals surface area contributed by atoms with Crippen LogP contribution in [0.25, 0.3) is 0 Å². The summed E-state index contributed by atoms with van der Waals surface area (Å²) in [7, 11) is 6.04. The number of rotatable bonds is 13. The molecule has 4 amide bonds. The van der Waals surface area contributed by atoms with E-state index in [2.05, 4.69) is 36.6 Å². The first-order chi connectivity index (χ1) is 18.4. The summed E-state index contributed by atoms with van der Waals surface area (Å²) in [5.74, 6) is 1.19. The maximum Gasteiger partial charge on any atom is 0.321 e. The van der Waals surface area contributed by atoms with Crippen LogP contribution >= 0.6 is 11.8 Å². The van der Waals surface area contributed by atoms with Gasteiger partial charge in [0.1, 0.15) is 19.7 Å². The monoisotopic (exact) mass is 538 g/mol. The van der Waals surface area contributed by atoms with Gasteiger partial charge in [-0.3, -0.25) is 9.59 Å². The zero-order valence-electron chi connectivity index (χ0n) is 21.9. The first-order valence-corrected chi connectivity index (χ1v) is 14.1. The standard InChI is InChI=1S/C25H35BN8O3S/c1-17(35)30-21(9-14-38-2)23(36)28-11-6-10-27-22-20(26)16-29-24(33-22)31-18-7-5-8-19(15-18)32-25(37)34-12-3-4-13-34/h5,7-8,15-16,21H,3-4,6,9-14H2,1-2H3,(H,28,36)(H,30,35)(H,32,37)(H2,27,29,31,33). The van der Waals surface area contributed by atoms with Crippen molar-refractivity contribution >= 4 is 66.1 Å². The van der Waals surface area contributed by atoms with Gasteiger partial charge in [-0.25, -0.2) is 9.78 Å². The zero-order chi connectivity index (χ0) is 27.3. The van der Waals surface area contributed by atoms with Crippen LogP contribution in [0.15, 0.2) is 30.5 Å². The van der Waals surface area contributed by atoms with E-state index in [0.29, 0.717) is 48.8 Å². The quantitative estimate of drug-likeness (QED) is 0.192. The van der Waals surface area contributed by atoms with Crippen LogP contribution in [0.4, 0.5) is 27.9 Å². The minimum absolute atomic E-state index is 0.100. The van der Waals surface area contributed by atoms with Crippen LogP contribution in [0.5, 0.6) is 0 Å². The summed E-state index contributed by atoms with van der Waals surface area (Å²) in [6.07, 6.45) is 6.75. The van der Waals surface area contributed by atoms with Crippen LogP contribution in [-0.2, 0) is 9.59 Å². The van der Waals surface area contributed by atoms with Gasteiger partial charge in [0.25, 0.3) is 0 Å². The Morgan fingerprint density at radius 1 is 1.16 bits per heavy atom. The number of carbonyl (C=O) groups is 3. The number of likely N-dealkylation sites (tertiary alicyclic amines) is 1. The molecule has 3 rings (SSSR count). The number of anilines is 4. The van der Waals surface area contributed by atoms with E-state index in [1.807, 2.05) is 30.5 Å². The third-order valence-corrected chi connectivity index (χ3v) is 6.47. The average Bonchev–Trinajstić information content (AvgIpc) is 3.43. The van der Waals surface area contributed by atoms with Crippen LogP contribution in [-0.4, -0.2) is 84.8 Å². The molecule has 5 N–H and O–H groups in total. The molecule has 0 aliphatic carbocycles. The molecule has 1 saturated heterocycles. The number of hydrogen-bond acceptors (Lipinski definition) is 8. The number of nitrogens with one attached hydrogen (secondary N) is 5. The number of carbonyl (C=O) groups excluding carboxylic acids is 3. The minimum atomic E-state index is -0.536. The Hall–Kier alpha value is -3.48. The lowest BCUT2D eigenvalue weighted by molar-refractivity contribution is -0.128. The predicted octanol–water partition coefficient (Wildman–Crippen LogP) is 1.82. The average molecular weight is 538 g/mol. The molecule has 1 unspecified atom stereocenters. The number of thioether (sulfide) groups is 1. The Balaban J connectivity index is 1.48. The number of amides is 4. The zero-order valence-corrected chi connectivity index (χ0v) is 22.7. The summed E-state index contributed by atoms with van der Waals surface area (Å²) in [6, 6.07) is 6.70. The van der Waals surface area contributed by atoms with E-state index in [1.54, 1.807) is 16.7 Å². The van der Waals surface area contributed by atoms with Crippen molar-refractivity contribution in [2.75, 3.05) is 54.1 Å². The number of aromatic nitrogens is 2. The largest absolute Gasteiger partial charge is 0.370 e. The Labute approximate surface area is 229 Å². The minimum Gasteiger partial charge on any atom is -0.370 e. The second-order valence-corrected chi connectivity index (χ2v) is 9.92. The molecule has 2 radical (unpaired) electrons. The molecule has 0 bridgehead atoms. The molecule has 13 heteroatoms. The molecule has 1 aliphatic heterocycles. The van der Waals surface area contributed by atoms with E-state index in [0.717, 1.165) is 37.4 Å². The molecule has 1 fully saturated rings. The van der Waals surface area contributed by atoms with Gasteiger partial charge >= 0.3 is 6.03 Å². The summed E-state index contributed by atoms with van der Waals surface area (Å²) in [5, 5.41) is 14.8. The van der Waals surface area contributed by atoms with Crippen LogP contribution in [0.1, 0.15) is 32.6 Å². The molecular formula is C25H35BN8O3S. The fraction of sp³-hybridized carbons (Fsp3) is 0.480. The van der Waals surface area contributed by atoms with Gasteiger partial charge in [0.15, 0.2) is 0 Å². The smallest absolute Gasteiger partial charge is 0.321 e. The molecular weight excluding hydrogens is 503 g/mol. The SMILES string of the molecule is [B]c1cnc(Nc2cccc(NC(=O)N3CCCC3)c2)nc1NCCCNC(=O)C(CCSC)NC(C)=O. The van der Waals surface area contributed by atoms with Crippen molar-refractivity contribution in [2.45, 2.75) is 38.6 Å². The first kappa shape index (κ1) is 29.1. The van der Waals surface area contributed by atoms with E-state index in [9.17, 15) is 14.4 Å². The summed E-state index contributed by atoms with van der Waals surface area (Å²) in [6.45, 7) is 3.92. The van der Waals surface area contributed by atoms with Crippen molar-refractivity contribution in [3.8, 4) is 0 Å². The number of urea groups is 1. The molecule has 1 atom stereocenters. The highest BCUT2D eigenvalue weighted by Crippen LogP contribution is 2.19. The maximum absolute atomic E-state index is 12.4. The van der Waals surface area contributed by atoms with Crippen molar-refractivity contribution in [1.29, 1.82) is 0 Å². The summed E-state index contributed by atoms with van der Waals surface area (Å²) < 4.78 is 0. The van der Waals surface area contributed by atoms with Crippen LogP contribution in [0.2, 0.25) is 0 Å². The normalized spacial score (nSPS) is 13.5. The van der Waals surface area contributed by atoms with Gasteiger partial charge in [0, 0.05) is 50.7 Å². The Bertz CT molecular complexity index is 1100. The van der Waals surface area contributed by atoms with Gasteiger partial charge in [0.05, 0.1) is 0 Å². The molecule has 1 aromatic carbocycles. The third-order valence-electron chi connectivity index (χ3n) is 5.83. The highest BCUT2D eigenvalue weighted by Gasteiger charge is 2.19. The van der Waals surface area contributed by atoms with Crippen LogP contribution in [0.3, 0.4) is 0 Å². The lowest BCUT2D eigenvalue weighted by Gasteiger charge is -2.17. The lowest BCUT2D eigenvalue weighted by Crippen LogP contribution is -2.46. The molecule has 202 valence electrons. The molecule has 1 aromatic heterocycles. The van der Waals surface area contributed by atoms with Crippen LogP contribution in [0, 0.1) is 0 Å². The van der Waals surface area contributed by atoms with E-state index in [4.69, 9.17) is 7.85 Å². The molecule has 1 aliphatic rings. The third kappa shape index (κ3) is 9.44. The van der Waals surface area contributed by atoms with Crippen molar-refractivity contribution in [1.82, 2.24) is 25.5 Å². The number of nitrogens with zero attached hydrogens (tertiary/aromatic N) is 3. The van der Waals surface area contributed by atoms with Gasteiger partial charge in [-0.05, 0) is 61.4 Å². The van der Waals surface area contributed by atoms with Gasteiger partial charge < -0.3 is 31.5 Å². The molecule has 2 heterocycles. The van der Waals surface area contributed by atoms with E-state index in [1.165, 1.54) is 13.1 Å². The summed E-state index contributed by atoms with van der Waals surface area (Å²) >= 11 is 1.63. The summed E-state index contributed by atoms with van der Waals surface area (Å²) in [5.41, 5.74) is 1.80. The highest BCUT2D eigenvalue weighted by atomic mass is 32.2. The van der Waals surface area contributed by atoms with E-state index >= 15 is 0 Å². The fourth-order valence-electron chi connectivity index (χ4n) is 3.90. The lowest BCUT2D eigenvalue weighted by atomic mass is 9.99. The Kier molecular flexibility index (Phi) is 11.5. The van der Waals surface area contributed by atoms with Gasteiger partial charge in [-0.1, -0.05) is 6.07 Å². The molecule has 2 aromatic rings. The van der Waals surface area contributed by atoms with E-state index < -0.39 is 6.04 Å². The molecule has 11 nitrogen and oxygen atoms in total. The fourth-order valence-corrected chi connectivity index (χ4v) is 4.37. The second-order valence-electron chi connectivity index (χ2n) is 8.93. The predicted molar refractivity (Wildman–Crippen MR) is 154 cm³/mol. The molecule has 0 saturated carbocycles. The van der Waals surface area contributed by atoms with Gasteiger partial charge in [-0.2, -0.15) is 16.7 Å². The van der Waals surface area contributed by atoms with Gasteiger partial charge in [0.2, 0.25) is 17.8 Å². The molecule has 0 spiro atoms. The van der Waals surface area contributed by atoms with Crippen molar-refractivity contribution in [3.05, 3.63) is 30.5 Å². The highest BCUT2D eigenvalue weighted by molar-refractivity contribution is 7.98. The van der Waals surface area contributed by atoms with E-state index in [-0.39, 0.29) is 17.8 Å². The van der Waals surface area contributed by atoms with Crippen molar-refractivity contribution in [3.63, 3.8) is 0 Å². The van der Waals surface area contributed by atoms with Crippen LogP contribution < -0.4 is 32.0 Å². The topological polar surface area (TPSA) is 140 Å². The summed E-state index contributed by atoms with van der Waals surface area (Å²) in [4.78, 5) is 46.7. The molecule has 38 heavy (non-hydrogen) atoms. The van der Waals surface area contributed by atoms with Crippen molar-refractivity contribution in [2.24, 2.45) is 0 Å². The van der Waals surface area contributed by atoms with Crippen molar-refractivity contribution < 1.29 is 14.4 Å².